The third-order valence-corrected chi connectivity index (χ3v) is 5.52. The molecular formula is C11H12ClF3N2O3S. The van der Waals surface area contributed by atoms with Crippen LogP contribution >= 0.6 is 11.6 Å². The second-order valence-corrected chi connectivity index (χ2v) is 7.08. The summed E-state index contributed by atoms with van der Waals surface area (Å²) in [5, 5.41) is 9.63. The summed E-state index contributed by atoms with van der Waals surface area (Å²) >= 11 is 5.56. The molecule has 2 rings (SSSR count). The van der Waals surface area contributed by atoms with E-state index in [1.165, 1.54) is 12.1 Å². The molecule has 0 spiro atoms. The standard InChI is InChI=1S/C11H12ClF3N2O3S/c12-9-2-1-8(7-16-9)21(19,20)17-5-3-10(18,4-6-17)11(13,14)15/h1-2,7,18H,3-6H2. The third-order valence-electron chi connectivity index (χ3n) is 3.42. The SMILES string of the molecule is O=S(=O)(c1ccc(Cl)nc1)N1CCC(O)(C(F)(F)F)CC1. The van der Waals surface area contributed by atoms with Crippen molar-refractivity contribution < 1.29 is 26.7 Å². The van der Waals surface area contributed by atoms with E-state index in [1.54, 1.807) is 0 Å². The first-order chi connectivity index (χ1) is 9.56. The molecule has 0 saturated carbocycles. The molecule has 0 aliphatic carbocycles. The van der Waals surface area contributed by atoms with Crippen molar-refractivity contribution in [2.75, 3.05) is 13.1 Å². The van der Waals surface area contributed by atoms with E-state index in [1.807, 2.05) is 0 Å². The molecule has 0 unspecified atom stereocenters. The summed E-state index contributed by atoms with van der Waals surface area (Å²) < 4.78 is 63.4. The maximum absolute atomic E-state index is 12.7. The lowest BCUT2D eigenvalue weighted by Gasteiger charge is -2.38. The zero-order chi connectivity index (χ0) is 15.9. The Kier molecular flexibility index (Phi) is 4.22. The van der Waals surface area contributed by atoms with E-state index in [4.69, 9.17) is 11.6 Å². The molecule has 1 aliphatic heterocycles. The number of hydrogen-bond donors (Lipinski definition) is 1. The molecule has 0 aromatic carbocycles. The first kappa shape index (κ1) is 16.5. The van der Waals surface area contributed by atoms with Crippen molar-refractivity contribution >= 4 is 21.6 Å². The van der Waals surface area contributed by atoms with Crippen LogP contribution in [0.4, 0.5) is 13.2 Å². The molecule has 10 heteroatoms. The first-order valence-corrected chi connectivity index (χ1v) is 7.79. The summed E-state index contributed by atoms with van der Waals surface area (Å²) in [4.78, 5) is 3.49. The summed E-state index contributed by atoms with van der Waals surface area (Å²) in [6.45, 7) is -0.831. The van der Waals surface area contributed by atoms with Crippen LogP contribution in [0.25, 0.3) is 0 Å². The quantitative estimate of drug-likeness (QED) is 0.831. The topological polar surface area (TPSA) is 70.5 Å². The van der Waals surface area contributed by atoms with E-state index < -0.39 is 47.7 Å². The van der Waals surface area contributed by atoms with Crippen LogP contribution in [0.5, 0.6) is 0 Å². The highest BCUT2D eigenvalue weighted by atomic mass is 35.5. The zero-order valence-electron chi connectivity index (χ0n) is 10.6. The van der Waals surface area contributed by atoms with Gasteiger partial charge in [0.05, 0.1) is 0 Å². The Bertz CT molecular complexity index is 611. The van der Waals surface area contributed by atoms with Crippen molar-refractivity contribution in [3.63, 3.8) is 0 Å². The van der Waals surface area contributed by atoms with Gasteiger partial charge in [-0.2, -0.15) is 17.5 Å². The Balaban J connectivity index is 2.17. The summed E-state index contributed by atoms with van der Waals surface area (Å²) in [5.74, 6) is 0. The largest absolute Gasteiger partial charge is 0.417 e. The van der Waals surface area contributed by atoms with Crippen molar-refractivity contribution in [1.29, 1.82) is 0 Å². The number of aliphatic hydroxyl groups is 1. The lowest BCUT2D eigenvalue weighted by Crippen LogP contribution is -2.54. The smallest absolute Gasteiger partial charge is 0.380 e. The summed E-state index contributed by atoms with van der Waals surface area (Å²) in [6.07, 6.45) is -5.12. The molecule has 0 atom stereocenters. The number of piperidine rings is 1. The lowest BCUT2D eigenvalue weighted by atomic mass is 9.92. The molecule has 1 N–H and O–H groups in total. The predicted octanol–water partition coefficient (Wildman–Crippen LogP) is 1.81. The summed E-state index contributed by atoms with van der Waals surface area (Å²) in [6, 6.07) is 2.51. The van der Waals surface area contributed by atoms with Crippen LogP contribution in [0.3, 0.4) is 0 Å². The molecule has 1 fully saturated rings. The van der Waals surface area contributed by atoms with E-state index in [0.717, 1.165) is 10.5 Å². The minimum atomic E-state index is -4.77. The van der Waals surface area contributed by atoms with Gasteiger partial charge in [0.25, 0.3) is 0 Å². The Morgan fingerprint density at radius 1 is 1.29 bits per heavy atom. The van der Waals surface area contributed by atoms with Gasteiger partial charge in [-0.15, -0.1) is 0 Å². The van der Waals surface area contributed by atoms with Gasteiger partial charge in [-0.25, -0.2) is 13.4 Å². The van der Waals surface area contributed by atoms with Gasteiger partial charge in [0.1, 0.15) is 10.0 Å². The Morgan fingerprint density at radius 2 is 1.86 bits per heavy atom. The van der Waals surface area contributed by atoms with Gasteiger partial charge in [-0.05, 0) is 25.0 Å². The normalized spacial score (nSPS) is 20.4. The number of pyridine rings is 1. The van der Waals surface area contributed by atoms with Gasteiger partial charge in [-0.1, -0.05) is 11.6 Å². The average molecular weight is 345 g/mol. The van der Waals surface area contributed by atoms with Crippen molar-refractivity contribution in [3.05, 3.63) is 23.5 Å². The lowest BCUT2D eigenvalue weighted by molar-refractivity contribution is -0.270. The number of hydrogen-bond acceptors (Lipinski definition) is 4. The van der Waals surface area contributed by atoms with Gasteiger partial charge < -0.3 is 5.11 Å². The van der Waals surface area contributed by atoms with Crippen LogP contribution in [0.1, 0.15) is 12.8 Å². The molecule has 118 valence electrons. The van der Waals surface area contributed by atoms with Gasteiger partial charge >= 0.3 is 6.18 Å². The molecule has 1 saturated heterocycles. The van der Waals surface area contributed by atoms with E-state index in [-0.39, 0.29) is 10.0 Å². The number of nitrogens with zero attached hydrogens (tertiary/aromatic N) is 2. The predicted molar refractivity (Wildman–Crippen MR) is 68.2 cm³/mol. The molecule has 1 aliphatic rings. The molecule has 0 radical (unpaired) electrons. The van der Waals surface area contributed by atoms with E-state index in [9.17, 15) is 26.7 Å². The Hall–Kier alpha value is -0.900. The second-order valence-electron chi connectivity index (χ2n) is 4.75. The molecule has 5 nitrogen and oxygen atoms in total. The molecular weight excluding hydrogens is 333 g/mol. The zero-order valence-corrected chi connectivity index (χ0v) is 12.2. The monoisotopic (exact) mass is 344 g/mol. The molecule has 0 amide bonds. The molecule has 21 heavy (non-hydrogen) atoms. The number of rotatable bonds is 2. The Morgan fingerprint density at radius 3 is 2.29 bits per heavy atom. The first-order valence-electron chi connectivity index (χ1n) is 5.97. The fourth-order valence-corrected chi connectivity index (χ4v) is 3.54. The minimum Gasteiger partial charge on any atom is -0.380 e. The van der Waals surface area contributed by atoms with Gasteiger partial charge in [0, 0.05) is 19.3 Å². The van der Waals surface area contributed by atoms with Crippen LogP contribution in [0.2, 0.25) is 5.15 Å². The highest BCUT2D eigenvalue weighted by Crippen LogP contribution is 2.39. The fourth-order valence-electron chi connectivity index (χ4n) is 2.04. The van der Waals surface area contributed by atoms with Crippen LogP contribution < -0.4 is 0 Å². The van der Waals surface area contributed by atoms with E-state index >= 15 is 0 Å². The van der Waals surface area contributed by atoms with Crippen LogP contribution in [-0.4, -0.2) is 47.7 Å². The summed E-state index contributed by atoms with van der Waals surface area (Å²) in [7, 11) is -3.94. The Labute approximate surface area is 124 Å². The molecule has 0 bridgehead atoms. The maximum Gasteiger partial charge on any atom is 0.417 e. The molecule has 2 heterocycles. The second kappa shape index (κ2) is 5.38. The molecule has 1 aromatic rings. The number of alkyl halides is 3. The van der Waals surface area contributed by atoms with E-state index in [0.29, 0.717) is 0 Å². The summed E-state index contributed by atoms with van der Waals surface area (Å²) in [5.41, 5.74) is -2.84. The van der Waals surface area contributed by atoms with E-state index in [2.05, 4.69) is 4.98 Å². The average Bonchev–Trinajstić information content (AvgIpc) is 2.38. The van der Waals surface area contributed by atoms with Crippen LogP contribution in [0.15, 0.2) is 23.2 Å². The van der Waals surface area contributed by atoms with Gasteiger partial charge in [-0.3, -0.25) is 0 Å². The number of aromatic nitrogens is 1. The van der Waals surface area contributed by atoms with Crippen molar-refractivity contribution in [2.24, 2.45) is 0 Å². The van der Waals surface area contributed by atoms with Crippen LogP contribution in [-0.2, 0) is 10.0 Å². The number of sulfonamides is 1. The highest BCUT2D eigenvalue weighted by Gasteiger charge is 2.55. The van der Waals surface area contributed by atoms with Crippen molar-refractivity contribution in [2.45, 2.75) is 29.5 Å². The third kappa shape index (κ3) is 3.15. The van der Waals surface area contributed by atoms with Crippen molar-refractivity contribution in [1.82, 2.24) is 9.29 Å². The van der Waals surface area contributed by atoms with Crippen LogP contribution in [0, 0.1) is 0 Å². The fraction of sp³-hybridized carbons (Fsp3) is 0.545. The number of halogens is 4. The minimum absolute atomic E-state index is 0.110. The molecule has 1 aromatic heterocycles. The van der Waals surface area contributed by atoms with Crippen molar-refractivity contribution in [3.8, 4) is 0 Å². The van der Waals surface area contributed by atoms with Gasteiger partial charge in [0.15, 0.2) is 5.60 Å². The van der Waals surface area contributed by atoms with Gasteiger partial charge in [0.2, 0.25) is 10.0 Å². The highest BCUT2D eigenvalue weighted by molar-refractivity contribution is 7.89. The maximum atomic E-state index is 12.7.